The van der Waals surface area contributed by atoms with Crippen molar-refractivity contribution in [2.45, 2.75) is 59.4 Å². The van der Waals surface area contributed by atoms with E-state index in [0.29, 0.717) is 30.4 Å². The van der Waals surface area contributed by atoms with Crippen molar-refractivity contribution in [2.75, 3.05) is 19.7 Å². The van der Waals surface area contributed by atoms with Crippen LogP contribution >= 0.6 is 0 Å². The van der Waals surface area contributed by atoms with Crippen LogP contribution in [-0.4, -0.2) is 42.6 Å². The van der Waals surface area contributed by atoms with Crippen molar-refractivity contribution >= 4 is 11.7 Å². The third-order valence-electron chi connectivity index (χ3n) is 5.38. The number of allylic oxidation sites excluding steroid dienone is 1. The van der Waals surface area contributed by atoms with Gasteiger partial charge in [0.25, 0.3) is 0 Å². The number of carbonyl (C=O) groups excluding carboxylic acids is 1. The van der Waals surface area contributed by atoms with Crippen LogP contribution in [0.25, 0.3) is 0 Å². The second-order valence-corrected chi connectivity index (χ2v) is 7.89. The number of unbranched alkanes of at least 4 members (excludes halogenated alkanes) is 1. The molecule has 0 aromatic heterocycles. The lowest BCUT2D eigenvalue weighted by molar-refractivity contribution is -0.121. The van der Waals surface area contributed by atoms with Gasteiger partial charge in [0.05, 0.1) is 12.2 Å². The minimum Gasteiger partial charge on any atom is -0.357 e. The Labute approximate surface area is 183 Å². The lowest BCUT2D eigenvalue weighted by Gasteiger charge is -2.33. The van der Waals surface area contributed by atoms with E-state index in [0.717, 1.165) is 37.9 Å². The van der Waals surface area contributed by atoms with Crippen molar-refractivity contribution in [1.82, 2.24) is 15.5 Å². The van der Waals surface area contributed by atoms with Crippen LogP contribution in [0.5, 0.6) is 0 Å². The average Bonchev–Trinajstić information content (AvgIpc) is 2.75. The van der Waals surface area contributed by atoms with Crippen molar-refractivity contribution in [3.63, 3.8) is 0 Å². The minimum absolute atomic E-state index is 0.123. The molecule has 0 radical (unpaired) electrons. The normalized spacial score (nSPS) is 20.7. The molecule has 2 aliphatic heterocycles. The van der Waals surface area contributed by atoms with Gasteiger partial charge in [-0.15, -0.1) is 5.11 Å². The van der Waals surface area contributed by atoms with E-state index in [1.807, 2.05) is 11.8 Å². The monoisotopic (exact) mass is 427 g/mol. The van der Waals surface area contributed by atoms with Crippen molar-refractivity contribution in [1.29, 1.82) is 0 Å². The van der Waals surface area contributed by atoms with Crippen molar-refractivity contribution in [3.8, 4) is 0 Å². The van der Waals surface area contributed by atoms with Gasteiger partial charge >= 0.3 is 0 Å². The Balaban J connectivity index is 1.90. The molecule has 0 saturated carbocycles. The fraction of sp³-hybridized carbons (Fsp3) is 0.545. The Hall–Kier alpha value is -2.78. The lowest BCUT2D eigenvalue weighted by Crippen LogP contribution is -2.50. The summed E-state index contributed by atoms with van der Waals surface area (Å²) in [6.45, 7) is 9.06. The van der Waals surface area contributed by atoms with Crippen LogP contribution in [0, 0.1) is 0 Å². The molecule has 1 amide bonds. The van der Waals surface area contributed by atoms with E-state index in [-0.39, 0.29) is 18.7 Å². The standard InChI is InChI=1S/C22H33N7O2/c1-4-5-10-31-16(3)25-22-21(15(2)27-28-23)26-20(30)14-29(22)13-17-6-7-19-12-24-9-8-18(19)11-17/h6-7,11,16,24H,4-5,8-10,12-14H2,1-3H3,(H2,23,27)(H,26,30)/b21-15-,25-22?. The van der Waals surface area contributed by atoms with Gasteiger partial charge in [-0.3, -0.25) is 4.79 Å². The van der Waals surface area contributed by atoms with E-state index in [1.54, 1.807) is 6.92 Å². The Kier molecular flexibility index (Phi) is 8.13. The van der Waals surface area contributed by atoms with Gasteiger partial charge in [0.15, 0.2) is 5.84 Å². The zero-order valence-electron chi connectivity index (χ0n) is 18.6. The molecule has 2 heterocycles. The topological polar surface area (TPSA) is 117 Å². The molecule has 1 atom stereocenters. The first-order valence-electron chi connectivity index (χ1n) is 10.9. The van der Waals surface area contributed by atoms with E-state index < -0.39 is 0 Å². The predicted molar refractivity (Wildman–Crippen MR) is 120 cm³/mol. The second kappa shape index (κ2) is 11.0. The highest BCUT2D eigenvalue weighted by atomic mass is 16.5. The number of nitrogens with two attached hydrogens (primary N) is 1. The molecule has 4 N–H and O–H groups in total. The number of aliphatic imine (C=N–C) groups is 1. The van der Waals surface area contributed by atoms with E-state index in [9.17, 15) is 4.79 Å². The summed E-state index contributed by atoms with van der Waals surface area (Å²) in [4.78, 5) is 19.2. The largest absolute Gasteiger partial charge is 0.357 e. The molecule has 3 rings (SSSR count). The van der Waals surface area contributed by atoms with Crippen LogP contribution in [0.1, 0.15) is 50.3 Å². The predicted octanol–water partition coefficient (Wildman–Crippen LogP) is 2.38. The highest BCUT2D eigenvalue weighted by Gasteiger charge is 2.29. The van der Waals surface area contributed by atoms with Crippen molar-refractivity contribution in [2.24, 2.45) is 21.2 Å². The van der Waals surface area contributed by atoms with Gasteiger partial charge in [-0.2, -0.15) is 0 Å². The van der Waals surface area contributed by atoms with Gasteiger partial charge in [0.2, 0.25) is 5.91 Å². The molecule has 1 saturated heterocycles. The molecule has 0 spiro atoms. The fourth-order valence-corrected chi connectivity index (χ4v) is 3.76. The van der Waals surface area contributed by atoms with Crippen LogP contribution < -0.4 is 16.5 Å². The number of amidine groups is 1. The molecule has 1 fully saturated rings. The highest BCUT2D eigenvalue weighted by Crippen LogP contribution is 2.21. The van der Waals surface area contributed by atoms with Crippen LogP contribution in [0.4, 0.5) is 0 Å². The molecule has 9 nitrogen and oxygen atoms in total. The summed E-state index contributed by atoms with van der Waals surface area (Å²) < 4.78 is 5.84. The van der Waals surface area contributed by atoms with Crippen LogP contribution in [0.3, 0.4) is 0 Å². The molecule has 1 aromatic rings. The fourth-order valence-electron chi connectivity index (χ4n) is 3.76. The SMILES string of the molecule is CCCCOC(C)N=C1/C(=C(\C)N=NN)NC(=O)CN1Cc1ccc2c(c1)CCNC2. The van der Waals surface area contributed by atoms with Crippen molar-refractivity contribution in [3.05, 3.63) is 46.3 Å². The highest BCUT2D eigenvalue weighted by molar-refractivity contribution is 6.06. The van der Waals surface area contributed by atoms with Gasteiger partial charge in [0.1, 0.15) is 11.9 Å². The number of nitrogens with one attached hydrogen (secondary N) is 2. The van der Waals surface area contributed by atoms with E-state index >= 15 is 0 Å². The van der Waals surface area contributed by atoms with Crippen molar-refractivity contribution < 1.29 is 9.53 Å². The molecule has 31 heavy (non-hydrogen) atoms. The quantitative estimate of drug-likeness (QED) is 0.255. The maximum absolute atomic E-state index is 12.5. The Bertz CT molecular complexity index is 879. The molecule has 0 bridgehead atoms. The molecule has 0 aliphatic carbocycles. The van der Waals surface area contributed by atoms with E-state index in [4.69, 9.17) is 15.6 Å². The Morgan fingerprint density at radius 3 is 2.97 bits per heavy atom. The summed E-state index contributed by atoms with van der Waals surface area (Å²) in [6, 6.07) is 6.52. The Morgan fingerprint density at radius 1 is 1.35 bits per heavy atom. The third kappa shape index (κ3) is 6.11. The molecular formula is C22H33N7O2. The number of nitrogens with zero attached hydrogens (tertiary/aromatic N) is 4. The van der Waals surface area contributed by atoms with Gasteiger partial charge in [0, 0.05) is 19.7 Å². The lowest BCUT2D eigenvalue weighted by atomic mass is 9.98. The Morgan fingerprint density at radius 2 is 2.19 bits per heavy atom. The summed E-state index contributed by atoms with van der Waals surface area (Å²) in [5.74, 6) is 5.76. The van der Waals surface area contributed by atoms with Gasteiger partial charge in [-0.05, 0) is 49.9 Å². The van der Waals surface area contributed by atoms with Crippen LogP contribution in [-0.2, 0) is 29.0 Å². The zero-order chi connectivity index (χ0) is 22.2. The number of amides is 1. The molecule has 1 aromatic carbocycles. The van der Waals surface area contributed by atoms with Crippen LogP contribution in [0.15, 0.2) is 44.9 Å². The number of piperazine rings is 1. The summed E-state index contributed by atoms with van der Waals surface area (Å²) in [7, 11) is 0. The number of fused-ring (bicyclic) bond motifs is 1. The summed E-state index contributed by atoms with van der Waals surface area (Å²) in [5, 5.41) is 13.6. The average molecular weight is 428 g/mol. The molecule has 2 aliphatic rings. The van der Waals surface area contributed by atoms with Gasteiger partial charge in [-0.25, -0.2) is 4.99 Å². The maximum Gasteiger partial charge on any atom is 0.244 e. The smallest absolute Gasteiger partial charge is 0.244 e. The summed E-state index contributed by atoms with van der Waals surface area (Å²) in [5.41, 5.74) is 4.84. The zero-order valence-corrected chi connectivity index (χ0v) is 18.6. The molecular weight excluding hydrogens is 394 g/mol. The first-order valence-corrected chi connectivity index (χ1v) is 10.9. The van der Waals surface area contributed by atoms with E-state index in [2.05, 4.69) is 46.1 Å². The van der Waals surface area contributed by atoms with Crippen LogP contribution in [0.2, 0.25) is 0 Å². The number of hydrogen-bond donors (Lipinski definition) is 3. The maximum atomic E-state index is 12.5. The number of carbonyl (C=O) groups is 1. The summed E-state index contributed by atoms with van der Waals surface area (Å²) in [6.07, 6.45) is 2.68. The van der Waals surface area contributed by atoms with E-state index in [1.165, 1.54) is 11.1 Å². The third-order valence-corrected chi connectivity index (χ3v) is 5.38. The van der Waals surface area contributed by atoms with Gasteiger partial charge in [-0.1, -0.05) is 36.8 Å². The molecule has 9 heteroatoms. The minimum atomic E-state index is -0.355. The first kappa shape index (κ1) is 22.9. The molecule has 1 unspecified atom stereocenters. The summed E-state index contributed by atoms with van der Waals surface area (Å²) >= 11 is 0. The number of benzene rings is 1. The molecule has 168 valence electrons. The number of ether oxygens (including phenoxy) is 1. The number of hydrogen-bond acceptors (Lipinski definition) is 6. The second-order valence-electron chi connectivity index (χ2n) is 7.89. The number of rotatable bonds is 8. The van der Waals surface area contributed by atoms with Gasteiger partial charge < -0.3 is 26.1 Å². The first-order chi connectivity index (χ1) is 15.0.